The van der Waals surface area contributed by atoms with Crippen molar-refractivity contribution in [2.24, 2.45) is 5.41 Å². The topological polar surface area (TPSA) is 129 Å². The average molecular weight is 190 g/mol. The van der Waals surface area contributed by atoms with Crippen LogP contribution in [0.15, 0.2) is 0 Å². The number of carbonyl (C=O) groups excluding carboxylic acids is 1. The number of carboxylic acids is 3. The SMILES string of the molecule is CC(=O)C(C(=O)O)(C(=O)O)C(=O)O. The maximum absolute atomic E-state index is 10.6. The monoisotopic (exact) mass is 190 g/mol. The van der Waals surface area contributed by atoms with Crippen LogP contribution in [0.5, 0.6) is 0 Å². The second-order valence-electron chi connectivity index (χ2n) is 2.22. The maximum atomic E-state index is 10.6. The molecule has 0 aromatic carbocycles. The van der Waals surface area contributed by atoms with E-state index in [1.807, 2.05) is 0 Å². The van der Waals surface area contributed by atoms with Crippen LogP contribution in [0.1, 0.15) is 6.92 Å². The molecule has 0 atom stereocenters. The summed E-state index contributed by atoms with van der Waals surface area (Å²) in [5.74, 6) is -8.08. The van der Waals surface area contributed by atoms with Gasteiger partial charge in [0.05, 0.1) is 0 Å². The normalized spacial score (nSPS) is 10.5. The Morgan fingerprint density at radius 2 is 1.08 bits per heavy atom. The van der Waals surface area contributed by atoms with Crippen molar-refractivity contribution in [3.8, 4) is 0 Å². The summed E-state index contributed by atoms with van der Waals surface area (Å²) in [7, 11) is 0. The molecule has 0 unspecified atom stereocenters. The number of hydrogen-bond acceptors (Lipinski definition) is 4. The number of carboxylic acid groups (broad SMARTS) is 3. The van der Waals surface area contributed by atoms with E-state index in [0.717, 1.165) is 0 Å². The Labute approximate surface area is 71.6 Å². The largest absolute Gasteiger partial charge is 0.480 e. The summed E-state index contributed by atoms with van der Waals surface area (Å²) in [5, 5.41) is 25.1. The number of carbonyl (C=O) groups is 4. The highest BCUT2D eigenvalue weighted by molar-refractivity contribution is 6.32. The molecule has 0 saturated heterocycles. The summed E-state index contributed by atoms with van der Waals surface area (Å²) in [6.45, 7) is 0.594. The van der Waals surface area contributed by atoms with Gasteiger partial charge in [0.1, 0.15) is 0 Å². The third-order valence-electron chi connectivity index (χ3n) is 1.49. The minimum atomic E-state index is -3.39. The maximum Gasteiger partial charge on any atom is 0.340 e. The number of ketones is 1. The van der Waals surface area contributed by atoms with Gasteiger partial charge in [0.25, 0.3) is 0 Å². The molecule has 72 valence electrons. The van der Waals surface area contributed by atoms with Gasteiger partial charge in [-0.15, -0.1) is 0 Å². The van der Waals surface area contributed by atoms with Gasteiger partial charge in [-0.1, -0.05) is 0 Å². The molecule has 0 heterocycles. The number of hydrogen-bond donors (Lipinski definition) is 3. The Morgan fingerprint density at radius 3 is 1.08 bits per heavy atom. The fraction of sp³-hybridized carbons (Fsp3) is 0.333. The Balaban J connectivity index is 5.60. The Kier molecular flexibility index (Phi) is 2.74. The van der Waals surface area contributed by atoms with Crippen LogP contribution in [-0.2, 0) is 19.2 Å². The summed E-state index contributed by atoms with van der Waals surface area (Å²) in [4.78, 5) is 41.7. The highest BCUT2D eigenvalue weighted by Crippen LogP contribution is 2.19. The van der Waals surface area contributed by atoms with Crippen molar-refractivity contribution in [1.82, 2.24) is 0 Å². The zero-order valence-electron chi connectivity index (χ0n) is 6.47. The van der Waals surface area contributed by atoms with Gasteiger partial charge in [0.15, 0.2) is 5.78 Å². The lowest BCUT2D eigenvalue weighted by molar-refractivity contribution is -0.176. The molecule has 7 heteroatoms. The molecule has 0 aliphatic rings. The Morgan fingerprint density at radius 1 is 0.846 bits per heavy atom. The lowest BCUT2D eigenvalue weighted by atomic mass is 9.84. The van der Waals surface area contributed by atoms with Crippen LogP contribution in [0.3, 0.4) is 0 Å². The lowest BCUT2D eigenvalue weighted by Gasteiger charge is -2.15. The quantitative estimate of drug-likeness (QED) is 0.475. The van der Waals surface area contributed by atoms with Crippen molar-refractivity contribution in [1.29, 1.82) is 0 Å². The predicted molar refractivity (Wildman–Crippen MR) is 36.0 cm³/mol. The molecule has 0 fully saturated rings. The second-order valence-corrected chi connectivity index (χ2v) is 2.22. The van der Waals surface area contributed by atoms with Crippen molar-refractivity contribution in [3.63, 3.8) is 0 Å². The van der Waals surface area contributed by atoms with Crippen LogP contribution >= 0.6 is 0 Å². The fourth-order valence-electron chi connectivity index (χ4n) is 0.726. The number of Topliss-reactive ketones (excluding diaryl/α,β-unsaturated/α-hetero) is 1. The molecule has 0 saturated carbocycles. The van der Waals surface area contributed by atoms with E-state index in [0.29, 0.717) is 6.92 Å². The van der Waals surface area contributed by atoms with Crippen LogP contribution in [0.4, 0.5) is 0 Å². The predicted octanol–water partition coefficient (Wildman–Crippen LogP) is -1.18. The molecule has 7 nitrogen and oxygen atoms in total. The van der Waals surface area contributed by atoms with Gasteiger partial charge in [-0.3, -0.25) is 4.79 Å². The van der Waals surface area contributed by atoms with Crippen LogP contribution < -0.4 is 0 Å². The highest BCUT2D eigenvalue weighted by Gasteiger charge is 2.59. The first-order valence-electron chi connectivity index (χ1n) is 2.99. The van der Waals surface area contributed by atoms with Crippen LogP contribution in [0, 0.1) is 5.41 Å². The number of aliphatic carboxylic acids is 3. The molecule has 0 rings (SSSR count). The lowest BCUT2D eigenvalue weighted by Crippen LogP contribution is -2.51. The third-order valence-corrected chi connectivity index (χ3v) is 1.49. The first-order chi connectivity index (χ1) is 5.77. The summed E-state index contributed by atoms with van der Waals surface area (Å²) in [6, 6.07) is 0. The molecule has 0 radical (unpaired) electrons. The molecule has 0 spiro atoms. The second kappa shape index (κ2) is 3.21. The molecule has 0 aliphatic carbocycles. The summed E-state index contributed by atoms with van der Waals surface area (Å²) in [6.07, 6.45) is 0. The Hall–Kier alpha value is -1.92. The zero-order chi connectivity index (χ0) is 10.8. The van der Waals surface area contributed by atoms with Gasteiger partial charge in [-0.05, 0) is 6.92 Å². The smallest absolute Gasteiger partial charge is 0.340 e. The molecule has 0 bridgehead atoms. The molecule has 0 aromatic rings. The van der Waals surface area contributed by atoms with Gasteiger partial charge >= 0.3 is 23.3 Å². The van der Waals surface area contributed by atoms with E-state index in [2.05, 4.69) is 0 Å². The molecular formula is C6H6O7. The van der Waals surface area contributed by atoms with E-state index >= 15 is 0 Å². The molecule has 0 amide bonds. The Bertz CT molecular complexity index is 228. The van der Waals surface area contributed by atoms with Gasteiger partial charge in [-0.2, -0.15) is 0 Å². The molecule has 3 N–H and O–H groups in total. The fourth-order valence-corrected chi connectivity index (χ4v) is 0.726. The summed E-state index contributed by atoms with van der Waals surface area (Å²) < 4.78 is 0. The third kappa shape index (κ3) is 1.35. The van der Waals surface area contributed by atoms with Gasteiger partial charge in [-0.25, -0.2) is 14.4 Å². The van der Waals surface area contributed by atoms with Crippen molar-refractivity contribution in [2.45, 2.75) is 6.92 Å². The van der Waals surface area contributed by atoms with Crippen molar-refractivity contribution >= 4 is 23.7 Å². The van der Waals surface area contributed by atoms with E-state index in [-0.39, 0.29) is 0 Å². The highest BCUT2D eigenvalue weighted by atomic mass is 16.4. The van der Waals surface area contributed by atoms with E-state index in [4.69, 9.17) is 15.3 Å². The summed E-state index contributed by atoms with van der Waals surface area (Å²) >= 11 is 0. The first kappa shape index (κ1) is 11.1. The van der Waals surface area contributed by atoms with E-state index in [1.165, 1.54) is 0 Å². The molecule has 13 heavy (non-hydrogen) atoms. The van der Waals surface area contributed by atoms with Gasteiger partial charge in [0, 0.05) is 0 Å². The van der Waals surface area contributed by atoms with Gasteiger partial charge in [0.2, 0.25) is 0 Å². The zero-order valence-corrected chi connectivity index (χ0v) is 6.47. The minimum absolute atomic E-state index is 0.594. The van der Waals surface area contributed by atoms with Gasteiger partial charge < -0.3 is 15.3 Å². The molecule has 0 aliphatic heterocycles. The average Bonchev–Trinajstić information content (AvgIpc) is 1.82. The van der Waals surface area contributed by atoms with Crippen LogP contribution in [0.2, 0.25) is 0 Å². The summed E-state index contributed by atoms with van der Waals surface area (Å²) in [5.41, 5.74) is -3.39. The van der Waals surface area contributed by atoms with Crippen molar-refractivity contribution in [3.05, 3.63) is 0 Å². The van der Waals surface area contributed by atoms with Crippen molar-refractivity contribution < 1.29 is 34.5 Å². The molecule has 0 aromatic heterocycles. The first-order valence-corrected chi connectivity index (χ1v) is 2.99. The minimum Gasteiger partial charge on any atom is -0.480 e. The van der Waals surface area contributed by atoms with E-state index in [1.54, 1.807) is 0 Å². The van der Waals surface area contributed by atoms with Crippen LogP contribution in [0.25, 0.3) is 0 Å². The standard InChI is InChI=1S/C6H6O7/c1-2(7)6(3(8)9,4(10)11)5(12)13/h1H3,(H,8,9)(H,10,11)(H,12,13). The number of rotatable bonds is 4. The van der Waals surface area contributed by atoms with Crippen molar-refractivity contribution in [2.75, 3.05) is 0 Å². The van der Waals surface area contributed by atoms with E-state index in [9.17, 15) is 19.2 Å². The van der Waals surface area contributed by atoms with Crippen LogP contribution in [-0.4, -0.2) is 39.0 Å². The van der Waals surface area contributed by atoms with E-state index < -0.39 is 29.1 Å². The molecular weight excluding hydrogens is 184 g/mol.